The Kier molecular flexibility index (Phi) is 2.41. The molecule has 1 heterocycles. The summed E-state index contributed by atoms with van der Waals surface area (Å²) in [6.45, 7) is 4.88. The highest BCUT2D eigenvalue weighted by Crippen LogP contribution is 1.93. The number of hydrogen-bond donors (Lipinski definition) is 0. The van der Waals surface area contributed by atoms with Gasteiger partial charge in [0.05, 0.1) is 0 Å². The van der Waals surface area contributed by atoms with Crippen LogP contribution in [0.2, 0.25) is 0 Å². The van der Waals surface area contributed by atoms with Crippen LogP contribution in [0.4, 0.5) is 0 Å². The van der Waals surface area contributed by atoms with E-state index in [2.05, 4.69) is 18.8 Å². The molecule has 0 unspecified atom stereocenters. The second-order valence-electron chi connectivity index (χ2n) is 2.95. The Balaban J connectivity index is 2.87. The third-order valence-corrected chi connectivity index (χ3v) is 1.34. The van der Waals surface area contributed by atoms with Gasteiger partial charge < -0.3 is 0 Å². The molecule has 11 heavy (non-hydrogen) atoms. The van der Waals surface area contributed by atoms with E-state index >= 15 is 0 Å². The van der Waals surface area contributed by atoms with Crippen molar-refractivity contribution in [2.45, 2.75) is 20.4 Å². The molecule has 0 saturated heterocycles. The molecular weight excluding hydrogens is 140 g/mol. The molecule has 60 valence electrons. The fraction of sp³-hybridized carbons (Fsp3) is 0.500. The molecule has 0 spiro atoms. The Labute approximate surface area is 65.7 Å². The maximum Gasteiger partial charge on any atom is 0.347 e. The summed E-state index contributed by atoms with van der Waals surface area (Å²) >= 11 is 0. The third kappa shape index (κ3) is 2.18. The zero-order valence-corrected chi connectivity index (χ0v) is 6.82. The zero-order valence-electron chi connectivity index (χ0n) is 6.82. The van der Waals surface area contributed by atoms with E-state index in [0.29, 0.717) is 5.92 Å². The molecule has 0 N–H and O–H groups in total. The van der Waals surface area contributed by atoms with Gasteiger partial charge >= 0.3 is 5.69 Å². The minimum atomic E-state index is -0.166. The van der Waals surface area contributed by atoms with E-state index in [4.69, 9.17) is 0 Å². The van der Waals surface area contributed by atoms with Crippen LogP contribution in [0.1, 0.15) is 13.8 Å². The van der Waals surface area contributed by atoms with Gasteiger partial charge in [0, 0.05) is 18.9 Å². The van der Waals surface area contributed by atoms with Crippen molar-refractivity contribution in [3.8, 4) is 0 Å². The van der Waals surface area contributed by atoms with Crippen molar-refractivity contribution in [3.05, 3.63) is 28.9 Å². The Bertz CT molecular complexity index is 277. The second-order valence-corrected chi connectivity index (χ2v) is 2.95. The molecule has 0 aliphatic heterocycles. The molecule has 0 radical (unpaired) electrons. The van der Waals surface area contributed by atoms with Gasteiger partial charge in [0.2, 0.25) is 0 Å². The molecule has 0 atom stereocenters. The lowest BCUT2D eigenvalue weighted by molar-refractivity contribution is 0.503. The number of nitrogens with zero attached hydrogens (tertiary/aromatic N) is 2. The summed E-state index contributed by atoms with van der Waals surface area (Å²) in [5.74, 6) is 0.483. The highest BCUT2D eigenvalue weighted by Gasteiger charge is 1.96. The van der Waals surface area contributed by atoms with Crippen LogP contribution in [-0.4, -0.2) is 9.55 Å². The average molecular weight is 152 g/mol. The predicted molar refractivity (Wildman–Crippen MR) is 43.3 cm³/mol. The van der Waals surface area contributed by atoms with Gasteiger partial charge in [0.15, 0.2) is 0 Å². The number of aromatic nitrogens is 2. The summed E-state index contributed by atoms with van der Waals surface area (Å²) in [5, 5.41) is 0. The molecule has 0 aromatic carbocycles. The van der Waals surface area contributed by atoms with E-state index in [1.165, 1.54) is 6.20 Å². The second kappa shape index (κ2) is 3.32. The predicted octanol–water partition coefficient (Wildman–Crippen LogP) is 0.899. The summed E-state index contributed by atoms with van der Waals surface area (Å²) in [5.41, 5.74) is -0.166. The highest BCUT2D eigenvalue weighted by molar-refractivity contribution is 4.80. The van der Waals surface area contributed by atoms with E-state index in [1.54, 1.807) is 16.8 Å². The van der Waals surface area contributed by atoms with Crippen LogP contribution in [0, 0.1) is 5.92 Å². The quantitative estimate of drug-likeness (QED) is 0.631. The Morgan fingerprint density at radius 3 is 2.91 bits per heavy atom. The summed E-state index contributed by atoms with van der Waals surface area (Å²) in [6.07, 6.45) is 3.27. The first-order valence-electron chi connectivity index (χ1n) is 3.71. The monoisotopic (exact) mass is 152 g/mol. The average Bonchev–Trinajstić information content (AvgIpc) is 1.93. The first-order valence-corrected chi connectivity index (χ1v) is 3.71. The molecule has 1 aromatic rings. The van der Waals surface area contributed by atoms with Gasteiger partial charge in [-0.25, -0.2) is 9.78 Å². The van der Waals surface area contributed by atoms with Gasteiger partial charge in [-0.15, -0.1) is 0 Å². The molecule has 3 nitrogen and oxygen atoms in total. The van der Waals surface area contributed by atoms with Crippen molar-refractivity contribution >= 4 is 0 Å². The minimum absolute atomic E-state index is 0.166. The largest absolute Gasteiger partial charge is 0.347 e. The fourth-order valence-corrected chi connectivity index (χ4v) is 0.919. The lowest BCUT2D eigenvalue weighted by atomic mass is 10.2. The van der Waals surface area contributed by atoms with Gasteiger partial charge in [0.25, 0.3) is 0 Å². The number of rotatable bonds is 2. The van der Waals surface area contributed by atoms with Crippen molar-refractivity contribution in [1.82, 2.24) is 9.55 Å². The van der Waals surface area contributed by atoms with E-state index in [1.807, 2.05) is 0 Å². The van der Waals surface area contributed by atoms with Crippen LogP contribution in [0.5, 0.6) is 0 Å². The Morgan fingerprint density at radius 2 is 2.36 bits per heavy atom. The van der Waals surface area contributed by atoms with Crippen LogP contribution in [-0.2, 0) is 6.54 Å². The van der Waals surface area contributed by atoms with Crippen LogP contribution >= 0.6 is 0 Å². The summed E-state index contributed by atoms with van der Waals surface area (Å²) in [7, 11) is 0. The van der Waals surface area contributed by atoms with Crippen molar-refractivity contribution < 1.29 is 0 Å². The van der Waals surface area contributed by atoms with E-state index in [0.717, 1.165) is 6.54 Å². The van der Waals surface area contributed by atoms with Crippen LogP contribution in [0.25, 0.3) is 0 Å². The van der Waals surface area contributed by atoms with Crippen molar-refractivity contribution in [1.29, 1.82) is 0 Å². The smallest absolute Gasteiger partial charge is 0.299 e. The fourth-order valence-electron chi connectivity index (χ4n) is 0.919. The molecule has 3 heteroatoms. The summed E-state index contributed by atoms with van der Waals surface area (Å²) in [6, 6.07) is 1.77. The summed E-state index contributed by atoms with van der Waals surface area (Å²) in [4.78, 5) is 14.6. The molecular formula is C8H12N2O. The molecule has 0 aliphatic rings. The van der Waals surface area contributed by atoms with Crippen molar-refractivity contribution in [2.24, 2.45) is 5.92 Å². The first kappa shape index (κ1) is 7.98. The van der Waals surface area contributed by atoms with E-state index in [9.17, 15) is 4.79 Å². The Hall–Kier alpha value is -1.12. The normalized spacial score (nSPS) is 10.5. The van der Waals surface area contributed by atoms with Crippen LogP contribution in [0.15, 0.2) is 23.3 Å². The summed E-state index contributed by atoms with van der Waals surface area (Å²) < 4.78 is 1.62. The first-order chi connectivity index (χ1) is 5.20. The van der Waals surface area contributed by atoms with Crippen molar-refractivity contribution in [2.75, 3.05) is 0 Å². The molecule has 0 saturated carbocycles. The maximum atomic E-state index is 11.0. The molecule has 1 rings (SSSR count). The van der Waals surface area contributed by atoms with Gasteiger partial charge in [-0.1, -0.05) is 13.8 Å². The standard InChI is InChI=1S/C8H12N2O/c1-7(2)6-10-5-3-4-9-8(10)11/h3-5,7H,6H2,1-2H3. The zero-order chi connectivity index (χ0) is 8.27. The van der Waals surface area contributed by atoms with Crippen LogP contribution in [0.3, 0.4) is 0 Å². The van der Waals surface area contributed by atoms with Gasteiger partial charge in [0.1, 0.15) is 0 Å². The van der Waals surface area contributed by atoms with E-state index < -0.39 is 0 Å². The topological polar surface area (TPSA) is 34.9 Å². The number of hydrogen-bond acceptors (Lipinski definition) is 2. The van der Waals surface area contributed by atoms with Gasteiger partial charge in [-0.3, -0.25) is 4.57 Å². The van der Waals surface area contributed by atoms with Crippen LogP contribution < -0.4 is 5.69 Å². The Morgan fingerprint density at radius 1 is 1.64 bits per heavy atom. The maximum absolute atomic E-state index is 11.0. The van der Waals surface area contributed by atoms with E-state index in [-0.39, 0.29) is 5.69 Å². The molecule has 1 aromatic heterocycles. The molecule has 0 amide bonds. The highest BCUT2D eigenvalue weighted by atomic mass is 16.1. The SMILES string of the molecule is CC(C)Cn1cccnc1=O. The lowest BCUT2D eigenvalue weighted by Crippen LogP contribution is -2.23. The molecule has 0 bridgehead atoms. The lowest BCUT2D eigenvalue weighted by Gasteiger charge is -2.05. The van der Waals surface area contributed by atoms with Gasteiger partial charge in [-0.2, -0.15) is 0 Å². The third-order valence-electron chi connectivity index (χ3n) is 1.34. The molecule has 0 aliphatic carbocycles. The van der Waals surface area contributed by atoms with Crippen molar-refractivity contribution in [3.63, 3.8) is 0 Å². The molecule has 0 fully saturated rings. The van der Waals surface area contributed by atoms with Gasteiger partial charge in [-0.05, 0) is 12.0 Å². The minimum Gasteiger partial charge on any atom is -0.299 e.